The first-order chi connectivity index (χ1) is 8.12. The maximum atomic E-state index is 11.8. The first-order valence-corrected chi connectivity index (χ1v) is 11.0. The third-order valence-electron chi connectivity index (χ3n) is 2.49. The van der Waals surface area contributed by atoms with E-state index >= 15 is 0 Å². The van der Waals surface area contributed by atoms with Crippen LogP contribution in [0.1, 0.15) is 65.2 Å². The van der Waals surface area contributed by atoms with Crippen LogP contribution in [0, 0.1) is 0 Å². The van der Waals surface area contributed by atoms with Crippen molar-refractivity contribution in [1.29, 1.82) is 0 Å². The second-order valence-electron chi connectivity index (χ2n) is 4.23. The predicted octanol–water partition coefficient (Wildman–Crippen LogP) is 4.48. The average molecular weight is 363 g/mol. The standard InChI is InChI=1S/C12H27O2PS2.Zn/c1-3-5-7-9-11-14-15(13,16)17-12-10-8-6-4-2;/h3-12H2,1-2H3,(H,13,16);/q;+1/p-1. The summed E-state index contributed by atoms with van der Waals surface area (Å²) in [5.41, 5.74) is -2.79. The van der Waals surface area contributed by atoms with Gasteiger partial charge in [0.25, 0.3) is 0 Å². The minimum atomic E-state index is -2.79. The van der Waals surface area contributed by atoms with Crippen molar-refractivity contribution in [3.8, 4) is 0 Å². The van der Waals surface area contributed by atoms with Crippen molar-refractivity contribution in [3.63, 3.8) is 0 Å². The van der Waals surface area contributed by atoms with Gasteiger partial charge in [-0.2, -0.15) is 0 Å². The fraction of sp³-hybridized carbons (Fsp3) is 1.00. The maximum absolute atomic E-state index is 11.8. The van der Waals surface area contributed by atoms with Crippen LogP contribution in [0.4, 0.5) is 0 Å². The molecule has 0 aromatic heterocycles. The molecule has 0 rings (SSSR count). The van der Waals surface area contributed by atoms with Gasteiger partial charge in [0.2, 0.25) is 0 Å². The van der Waals surface area contributed by atoms with Crippen molar-refractivity contribution < 1.29 is 28.9 Å². The Labute approximate surface area is 135 Å². The minimum Gasteiger partial charge on any atom is -0.793 e. The Morgan fingerprint density at radius 1 is 1.00 bits per heavy atom. The topological polar surface area (TPSA) is 32.3 Å². The van der Waals surface area contributed by atoms with Crippen LogP contribution in [0.15, 0.2) is 0 Å². The third-order valence-corrected chi connectivity index (χ3v) is 6.86. The number of unbranched alkanes of at least 4 members (excludes halogenated alkanes) is 6. The van der Waals surface area contributed by atoms with Gasteiger partial charge in [-0.05, 0) is 18.6 Å². The number of hydrogen-bond donors (Lipinski definition) is 0. The maximum Gasteiger partial charge on any atom is 1.00 e. The molecule has 1 radical (unpaired) electrons. The van der Waals surface area contributed by atoms with Crippen LogP contribution in [0.3, 0.4) is 0 Å². The van der Waals surface area contributed by atoms with Gasteiger partial charge in [-0.1, -0.05) is 64.2 Å². The average Bonchev–Trinajstić information content (AvgIpc) is 2.28. The van der Waals surface area contributed by atoms with Gasteiger partial charge in [-0.15, -0.1) is 11.4 Å². The molecule has 0 bridgehead atoms. The third kappa shape index (κ3) is 15.6. The van der Waals surface area contributed by atoms with Crippen LogP contribution in [0.5, 0.6) is 0 Å². The van der Waals surface area contributed by atoms with Crippen molar-refractivity contribution in [2.45, 2.75) is 65.2 Å². The van der Waals surface area contributed by atoms with Gasteiger partial charge in [0.05, 0.1) is 6.61 Å². The second-order valence-corrected chi connectivity index (χ2v) is 10.4. The van der Waals surface area contributed by atoms with E-state index in [0.717, 1.165) is 25.0 Å². The monoisotopic (exact) mass is 361 g/mol. The van der Waals surface area contributed by atoms with Crippen molar-refractivity contribution >= 4 is 28.9 Å². The molecule has 0 N–H and O–H groups in total. The molecule has 0 amide bonds. The Kier molecular flexibility index (Phi) is 18.1. The second kappa shape index (κ2) is 14.9. The molecule has 0 saturated heterocycles. The molecule has 105 valence electrons. The molecule has 0 aromatic rings. The van der Waals surface area contributed by atoms with Gasteiger partial charge in [-0.25, -0.2) is 0 Å². The summed E-state index contributed by atoms with van der Waals surface area (Å²) in [6.45, 7) is 4.91. The van der Waals surface area contributed by atoms with Gasteiger partial charge < -0.3 is 9.42 Å². The molecule has 0 aliphatic rings. The van der Waals surface area contributed by atoms with Crippen molar-refractivity contribution in [2.75, 3.05) is 12.4 Å². The van der Waals surface area contributed by atoms with Gasteiger partial charge >= 0.3 is 19.5 Å². The number of rotatable bonds is 12. The molecule has 0 aliphatic carbocycles. The fourth-order valence-electron chi connectivity index (χ4n) is 1.45. The summed E-state index contributed by atoms with van der Waals surface area (Å²) in [4.78, 5) is 11.8. The van der Waals surface area contributed by atoms with Crippen LogP contribution >= 0.6 is 17.1 Å². The molecule has 1 unspecified atom stereocenters. The van der Waals surface area contributed by atoms with Crippen LogP contribution < -0.4 is 4.89 Å². The predicted molar refractivity (Wildman–Crippen MR) is 81.0 cm³/mol. The molecular weight excluding hydrogens is 337 g/mol. The zero-order valence-corrected chi connectivity index (χ0v) is 17.4. The summed E-state index contributed by atoms with van der Waals surface area (Å²) in [5.74, 6) is 0.871. The van der Waals surface area contributed by atoms with E-state index in [1.807, 2.05) is 0 Å². The minimum absolute atomic E-state index is 0. The van der Waals surface area contributed by atoms with Crippen molar-refractivity contribution in [2.24, 2.45) is 0 Å². The van der Waals surface area contributed by atoms with Crippen LogP contribution in [0.25, 0.3) is 0 Å². The molecule has 6 heteroatoms. The zero-order valence-electron chi connectivity index (χ0n) is 11.9. The zero-order chi connectivity index (χ0) is 13.0. The Bertz CT molecular complexity index is 200. The molecule has 2 nitrogen and oxygen atoms in total. The van der Waals surface area contributed by atoms with E-state index in [-0.39, 0.29) is 19.5 Å². The van der Waals surface area contributed by atoms with E-state index in [0.29, 0.717) is 6.61 Å². The van der Waals surface area contributed by atoms with E-state index in [4.69, 9.17) is 16.3 Å². The van der Waals surface area contributed by atoms with Crippen LogP contribution in [-0.2, 0) is 35.8 Å². The summed E-state index contributed by atoms with van der Waals surface area (Å²) in [6.07, 6.45) is 9.32. The molecule has 0 heterocycles. The Morgan fingerprint density at radius 3 is 2.11 bits per heavy atom. The summed E-state index contributed by atoms with van der Waals surface area (Å²) >= 11 is 6.34. The normalized spacial score (nSPS) is 13.9. The van der Waals surface area contributed by atoms with E-state index in [9.17, 15) is 4.89 Å². The molecule has 0 fully saturated rings. The Hall–Kier alpha value is 1.54. The smallest absolute Gasteiger partial charge is 0.793 e. The van der Waals surface area contributed by atoms with Gasteiger partial charge in [-0.3, -0.25) is 0 Å². The molecular formula is C12H26O2PS2Zn. The van der Waals surface area contributed by atoms with Gasteiger partial charge in [0.15, 0.2) is 0 Å². The number of hydrogen-bond acceptors (Lipinski definition) is 4. The molecule has 18 heavy (non-hydrogen) atoms. The summed E-state index contributed by atoms with van der Waals surface area (Å²) in [5, 5.41) is 0. The summed E-state index contributed by atoms with van der Waals surface area (Å²) in [7, 11) is 0. The molecule has 1 atom stereocenters. The SMILES string of the molecule is CCCCCCOP([O-])(=S)SCCCCCC.[Zn+]. The molecule has 0 aliphatic heterocycles. The molecule has 0 spiro atoms. The van der Waals surface area contributed by atoms with E-state index in [1.54, 1.807) is 0 Å². The van der Waals surface area contributed by atoms with Crippen LogP contribution in [-0.4, -0.2) is 12.4 Å². The summed E-state index contributed by atoms with van der Waals surface area (Å²) in [6, 6.07) is 0. The Morgan fingerprint density at radius 2 is 1.56 bits per heavy atom. The van der Waals surface area contributed by atoms with Gasteiger partial charge in [0, 0.05) is 5.69 Å². The molecule has 0 aromatic carbocycles. The van der Waals surface area contributed by atoms with E-state index in [1.165, 1.54) is 43.5 Å². The van der Waals surface area contributed by atoms with E-state index < -0.39 is 5.69 Å². The first-order valence-electron chi connectivity index (χ1n) is 6.72. The van der Waals surface area contributed by atoms with Crippen molar-refractivity contribution in [3.05, 3.63) is 0 Å². The van der Waals surface area contributed by atoms with Crippen LogP contribution in [0.2, 0.25) is 0 Å². The fourth-order valence-corrected chi connectivity index (χ4v) is 4.83. The van der Waals surface area contributed by atoms with Crippen molar-refractivity contribution in [1.82, 2.24) is 0 Å². The molecule has 0 saturated carbocycles. The van der Waals surface area contributed by atoms with E-state index in [2.05, 4.69) is 13.8 Å². The Balaban J connectivity index is 0. The van der Waals surface area contributed by atoms with Gasteiger partial charge in [0.1, 0.15) is 0 Å². The quantitative estimate of drug-likeness (QED) is 0.291. The summed E-state index contributed by atoms with van der Waals surface area (Å²) < 4.78 is 5.32. The first kappa shape index (κ1) is 21.8. The largest absolute Gasteiger partial charge is 1.00 e.